The third kappa shape index (κ3) is 4.96. The average molecular weight is 378 g/mol. The standard InChI is InChI=1S/C18H22N2O5S/c1-12(14-5-7-15(8-6-14)26(19,22)23)20-18(21)11-13-4-9-16(24-2)17(10-13)25-3/h4-10,12H,11H2,1-3H3,(H,20,21)(H2,19,22,23)/t12-/m0/s1. The van der Waals surface area contributed by atoms with E-state index in [1.165, 1.54) is 19.2 Å². The van der Waals surface area contributed by atoms with Gasteiger partial charge < -0.3 is 14.8 Å². The van der Waals surface area contributed by atoms with E-state index < -0.39 is 10.0 Å². The van der Waals surface area contributed by atoms with E-state index in [9.17, 15) is 13.2 Å². The van der Waals surface area contributed by atoms with Crippen LogP contribution in [-0.2, 0) is 21.2 Å². The van der Waals surface area contributed by atoms with Gasteiger partial charge in [0.05, 0.1) is 31.6 Å². The van der Waals surface area contributed by atoms with E-state index in [0.717, 1.165) is 11.1 Å². The van der Waals surface area contributed by atoms with Crippen molar-refractivity contribution in [2.75, 3.05) is 14.2 Å². The molecule has 2 rings (SSSR count). The Bertz CT molecular complexity index is 879. The van der Waals surface area contributed by atoms with Gasteiger partial charge >= 0.3 is 0 Å². The number of amides is 1. The fourth-order valence-corrected chi connectivity index (χ4v) is 3.01. The minimum absolute atomic E-state index is 0.0325. The second-order valence-electron chi connectivity index (χ2n) is 5.77. The lowest BCUT2D eigenvalue weighted by Crippen LogP contribution is -2.28. The first kappa shape index (κ1) is 19.7. The Morgan fingerprint density at radius 3 is 2.23 bits per heavy atom. The molecule has 0 spiro atoms. The Morgan fingerprint density at radius 1 is 1.08 bits per heavy atom. The summed E-state index contributed by atoms with van der Waals surface area (Å²) in [6.45, 7) is 1.82. The normalized spacial score (nSPS) is 12.3. The van der Waals surface area contributed by atoms with Crippen LogP contribution in [0, 0.1) is 0 Å². The highest BCUT2D eigenvalue weighted by Crippen LogP contribution is 2.27. The Balaban J connectivity index is 2.03. The monoisotopic (exact) mass is 378 g/mol. The molecule has 140 valence electrons. The molecule has 0 saturated heterocycles. The average Bonchev–Trinajstić information content (AvgIpc) is 2.60. The maximum Gasteiger partial charge on any atom is 0.238 e. The maximum atomic E-state index is 12.3. The number of carbonyl (C=O) groups is 1. The van der Waals surface area contributed by atoms with Crippen LogP contribution in [0.5, 0.6) is 11.5 Å². The molecule has 0 fully saturated rings. The molecule has 1 atom stereocenters. The van der Waals surface area contributed by atoms with Crippen LogP contribution in [0.4, 0.5) is 0 Å². The minimum Gasteiger partial charge on any atom is -0.493 e. The molecule has 8 heteroatoms. The predicted molar refractivity (Wildman–Crippen MR) is 97.6 cm³/mol. The van der Waals surface area contributed by atoms with Gasteiger partial charge in [0.1, 0.15) is 0 Å². The van der Waals surface area contributed by atoms with Crippen LogP contribution in [0.1, 0.15) is 24.1 Å². The van der Waals surface area contributed by atoms with E-state index in [-0.39, 0.29) is 23.3 Å². The summed E-state index contributed by atoms with van der Waals surface area (Å²) in [7, 11) is -0.646. The Labute approximate surface area is 153 Å². The van der Waals surface area contributed by atoms with Crippen molar-refractivity contribution in [3.63, 3.8) is 0 Å². The molecule has 0 aromatic heterocycles. The topological polar surface area (TPSA) is 108 Å². The first-order valence-corrected chi connectivity index (χ1v) is 9.42. The molecule has 0 aliphatic heterocycles. The Morgan fingerprint density at radius 2 is 1.69 bits per heavy atom. The molecule has 0 heterocycles. The van der Waals surface area contributed by atoms with Gasteiger partial charge in [-0.1, -0.05) is 18.2 Å². The third-order valence-corrected chi connectivity index (χ3v) is 4.83. The number of ether oxygens (including phenoxy) is 2. The highest BCUT2D eigenvalue weighted by atomic mass is 32.2. The van der Waals surface area contributed by atoms with Crippen molar-refractivity contribution in [1.82, 2.24) is 5.32 Å². The molecule has 1 amide bonds. The lowest BCUT2D eigenvalue weighted by Gasteiger charge is -2.15. The van der Waals surface area contributed by atoms with Crippen molar-refractivity contribution >= 4 is 15.9 Å². The number of nitrogens with one attached hydrogen (secondary N) is 1. The predicted octanol–water partition coefficient (Wildman–Crippen LogP) is 1.77. The molecule has 0 bridgehead atoms. The van der Waals surface area contributed by atoms with Gasteiger partial charge in [-0.05, 0) is 42.3 Å². The van der Waals surface area contributed by atoms with Crippen LogP contribution in [0.25, 0.3) is 0 Å². The zero-order valence-corrected chi connectivity index (χ0v) is 15.7. The van der Waals surface area contributed by atoms with Crippen molar-refractivity contribution in [2.24, 2.45) is 5.14 Å². The van der Waals surface area contributed by atoms with Gasteiger partial charge in [0.15, 0.2) is 11.5 Å². The van der Waals surface area contributed by atoms with E-state index in [1.807, 2.05) is 6.92 Å². The third-order valence-electron chi connectivity index (χ3n) is 3.90. The lowest BCUT2D eigenvalue weighted by molar-refractivity contribution is -0.121. The van der Waals surface area contributed by atoms with Gasteiger partial charge in [-0.3, -0.25) is 4.79 Å². The zero-order valence-electron chi connectivity index (χ0n) is 14.9. The van der Waals surface area contributed by atoms with Crippen molar-refractivity contribution in [3.8, 4) is 11.5 Å². The van der Waals surface area contributed by atoms with Crippen molar-refractivity contribution < 1.29 is 22.7 Å². The zero-order chi connectivity index (χ0) is 19.3. The van der Waals surface area contributed by atoms with Crippen LogP contribution in [-0.4, -0.2) is 28.5 Å². The van der Waals surface area contributed by atoms with E-state index in [2.05, 4.69) is 5.32 Å². The van der Waals surface area contributed by atoms with Gasteiger partial charge in [0, 0.05) is 0 Å². The summed E-state index contributed by atoms with van der Waals surface area (Å²) in [4.78, 5) is 12.3. The molecule has 0 aliphatic rings. The summed E-state index contributed by atoms with van der Waals surface area (Å²) in [5.74, 6) is 0.990. The highest BCUT2D eigenvalue weighted by molar-refractivity contribution is 7.89. The van der Waals surface area contributed by atoms with Gasteiger partial charge in [-0.15, -0.1) is 0 Å². The second kappa shape index (κ2) is 8.20. The molecule has 26 heavy (non-hydrogen) atoms. The largest absolute Gasteiger partial charge is 0.493 e. The molecule has 3 N–H and O–H groups in total. The molecule has 0 aliphatic carbocycles. The minimum atomic E-state index is -3.73. The summed E-state index contributed by atoms with van der Waals surface area (Å²) in [5.41, 5.74) is 1.56. The lowest BCUT2D eigenvalue weighted by atomic mass is 10.1. The van der Waals surface area contributed by atoms with E-state index >= 15 is 0 Å². The molecule has 0 unspecified atom stereocenters. The number of hydrogen-bond donors (Lipinski definition) is 2. The molecule has 7 nitrogen and oxygen atoms in total. The van der Waals surface area contributed by atoms with Gasteiger partial charge in [0.25, 0.3) is 0 Å². The van der Waals surface area contributed by atoms with Gasteiger partial charge in [-0.2, -0.15) is 0 Å². The van der Waals surface area contributed by atoms with Crippen molar-refractivity contribution in [2.45, 2.75) is 24.3 Å². The number of methoxy groups -OCH3 is 2. The summed E-state index contributed by atoms with van der Waals surface area (Å²) in [6.07, 6.45) is 0.181. The number of hydrogen-bond acceptors (Lipinski definition) is 5. The summed E-state index contributed by atoms with van der Waals surface area (Å²) in [5, 5.41) is 7.95. The van der Waals surface area contributed by atoms with Crippen LogP contribution >= 0.6 is 0 Å². The molecular formula is C18H22N2O5S. The first-order valence-electron chi connectivity index (χ1n) is 7.87. The molecular weight excluding hydrogens is 356 g/mol. The van der Waals surface area contributed by atoms with Crippen LogP contribution < -0.4 is 19.9 Å². The van der Waals surface area contributed by atoms with Crippen molar-refractivity contribution in [3.05, 3.63) is 53.6 Å². The quantitative estimate of drug-likeness (QED) is 0.763. The molecule has 0 radical (unpaired) electrons. The molecule has 2 aromatic rings. The Hall–Kier alpha value is -2.58. The number of sulfonamides is 1. The number of benzene rings is 2. The fraction of sp³-hybridized carbons (Fsp3) is 0.278. The number of rotatable bonds is 7. The fourth-order valence-electron chi connectivity index (χ4n) is 2.50. The van der Waals surface area contributed by atoms with Gasteiger partial charge in [-0.25, -0.2) is 13.6 Å². The van der Waals surface area contributed by atoms with Crippen LogP contribution in [0.2, 0.25) is 0 Å². The van der Waals surface area contributed by atoms with Crippen molar-refractivity contribution in [1.29, 1.82) is 0 Å². The second-order valence-corrected chi connectivity index (χ2v) is 7.33. The smallest absolute Gasteiger partial charge is 0.238 e. The maximum absolute atomic E-state index is 12.3. The van der Waals surface area contributed by atoms with Gasteiger partial charge in [0.2, 0.25) is 15.9 Å². The first-order chi connectivity index (χ1) is 12.2. The summed E-state index contributed by atoms with van der Waals surface area (Å²) < 4.78 is 33.0. The van der Waals surface area contributed by atoms with E-state index in [4.69, 9.17) is 14.6 Å². The summed E-state index contributed by atoms with van der Waals surface area (Å²) >= 11 is 0. The number of nitrogens with two attached hydrogens (primary N) is 1. The number of carbonyl (C=O) groups excluding carboxylic acids is 1. The number of primary sulfonamides is 1. The molecule has 0 saturated carbocycles. The highest BCUT2D eigenvalue weighted by Gasteiger charge is 2.13. The van der Waals surface area contributed by atoms with Crippen LogP contribution in [0.3, 0.4) is 0 Å². The van der Waals surface area contributed by atoms with E-state index in [1.54, 1.807) is 37.4 Å². The van der Waals surface area contributed by atoms with Crippen LogP contribution in [0.15, 0.2) is 47.4 Å². The SMILES string of the molecule is COc1ccc(CC(=O)N[C@@H](C)c2ccc(S(N)(=O)=O)cc2)cc1OC. The molecule has 2 aromatic carbocycles. The summed E-state index contributed by atoms with van der Waals surface area (Å²) in [6, 6.07) is 11.1. The Kier molecular flexibility index (Phi) is 6.23. The van der Waals surface area contributed by atoms with E-state index in [0.29, 0.717) is 11.5 Å².